The van der Waals surface area contributed by atoms with Gasteiger partial charge in [0.05, 0.1) is 16.3 Å². The van der Waals surface area contributed by atoms with E-state index in [-0.39, 0.29) is 6.10 Å². The number of ether oxygens (including phenoxy) is 1. The summed E-state index contributed by atoms with van der Waals surface area (Å²) in [5.41, 5.74) is 6.94. The lowest BCUT2D eigenvalue weighted by atomic mass is 10.1. The smallest absolute Gasteiger partial charge is 0.141 e. The average molecular weight is 314 g/mol. The number of rotatable bonds is 4. The zero-order chi connectivity index (χ0) is 13.1. The van der Waals surface area contributed by atoms with Crippen LogP contribution < -0.4 is 5.73 Å². The van der Waals surface area contributed by atoms with Gasteiger partial charge < -0.3 is 10.5 Å². The number of halogens is 1. The van der Waals surface area contributed by atoms with Crippen LogP contribution in [-0.2, 0) is 17.6 Å². The molecule has 1 aromatic rings. The second kappa shape index (κ2) is 5.97. The predicted octanol–water partition coefficient (Wildman–Crippen LogP) is 2.74. The number of aromatic nitrogens is 2. The van der Waals surface area contributed by atoms with E-state index in [1.165, 1.54) is 0 Å². The minimum absolute atomic E-state index is 0.262. The van der Waals surface area contributed by atoms with Crippen LogP contribution in [0.4, 0.5) is 5.82 Å². The number of hydrogen-bond donors (Lipinski definition) is 1. The van der Waals surface area contributed by atoms with E-state index in [9.17, 15) is 0 Å². The second-order valence-corrected chi connectivity index (χ2v) is 6.02. The Bertz CT molecular complexity index is 417. The maximum Gasteiger partial charge on any atom is 0.141 e. The number of nitrogen functional groups attached to an aromatic ring is 1. The Morgan fingerprint density at radius 3 is 2.83 bits per heavy atom. The van der Waals surface area contributed by atoms with Gasteiger partial charge in [0, 0.05) is 13.0 Å². The Morgan fingerprint density at radius 2 is 2.22 bits per heavy atom. The molecule has 2 heterocycles. The number of anilines is 1. The van der Waals surface area contributed by atoms with E-state index >= 15 is 0 Å². The molecule has 5 heteroatoms. The lowest BCUT2D eigenvalue weighted by Crippen LogP contribution is -2.14. The van der Waals surface area contributed by atoms with E-state index in [0.29, 0.717) is 11.7 Å². The van der Waals surface area contributed by atoms with Gasteiger partial charge in [-0.15, -0.1) is 0 Å². The summed E-state index contributed by atoms with van der Waals surface area (Å²) < 4.78 is 6.46. The van der Waals surface area contributed by atoms with Crippen molar-refractivity contribution in [2.75, 3.05) is 12.3 Å². The van der Waals surface area contributed by atoms with Crippen molar-refractivity contribution in [2.24, 2.45) is 5.92 Å². The summed E-state index contributed by atoms with van der Waals surface area (Å²) in [6, 6.07) is 0. The molecule has 0 aromatic carbocycles. The van der Waals surface area contributed by atoms with Gasteiger partial charge in [0.1, 0.15) is 11.6 Å². The molecule has 0 spiro atoms. The van der Waals surface area contributed by atoms with Gasteiger partial charge >= 0.3 is 0 Å². The minimum atomic E-state index is 0.262. The van der Waals surface area contributed by atoms with E-state index < -0.39 is 0 Å². The molecule has 0 bridgehead atoms. The van der Waals surface area contributed by atoms with Crippen LogP contribution in [0.1, 0.15) is 38.2 Å². The van der Waals surface area contributed by atoms with Gasteiger partial charge in [-0.25, -0.2) is 9.97 Å². The quantitative estimate of drug-likeness (QED) is 0.928. The first-order chi connectivity index (χ1) is 8.56. The third-order valence-corrected chi connectivity index (χ3v) is 3.89. The monoisotopic (exact) mass is 313 g/mol. The van der Waals surface area contributed by atoms with E-state index in [4.69, 9.17) is 10.5 Å². The van der Waals surface area contributed by atoms with Crippen LogP contribution in [-0.4, -0.2) is 22.7 Å². The van der Waals surface area contributed by atoms with Crippen molar-refractivity contribution in [3.63, 3.8) is 0 Å². The first-order valence-corrected chi connectivity index (χ1v) is 7.28. The lowest BCUT2D eigenvalue weighted by molar-refractivity contribution is 0.110. The van der Waals surface area contributed by atoms with E-state index in [1.807, 2.05) is 0 Å². The maximum atomic E-state index is 5.93. The van der Waals surface area contributed by atoms with Crippen molar-refractivity contribution >= 4 is 21.7 Å². The molecular weight excluding hydrogens is 294 g/mol. The molecule has 2 rings (SSSR count). The molecule has 0 aliphatic carbocycles. The molecule has 1 aromatic heterocycles. The fourth-order valence-corrected chi connectivity index (χ4v) is 2.53. The first-order valence-electron chi connectivity index (χ1n) is 6.48. The standard InChI is InChI=1S/C13H20BrN3O/c1-8(2)6-10-12(14)13(15)17-11(16-10)7-9-4-3-5-18-9/h8-9H,3-7H2,1-2H3,(H2,15,16,17). The summed E-state index contributed by atoms with van der Waals surface area (Å²) in [7, 11) is 0. The summed E-state index contributed by atoms with van der Waals surface area (Å²) in [6.45, 7) is 5.20. The summed E-state index contributed by atoms with van der Waals surface area (Å²) in [4.78, 5) is 8.96. The van der Waals surface area contributed by atoms with Gasteiger partial charge in [-0.05, 0) is 41.1 Å². The third-order valence-electron chi connectivity index (χ3n) is 3.03. The summed E-state index contributed by atoms with van der Waals surface area (Å²) in [6.07, 6.45) is 4.17. The molecule has 0 amide bonds. The molecule has 1 fully saturated rings. The molecule has 1 aliphatic rings. The number of nitrogens with zero attached hydrogens (tertiary/aromatic N) is 2. The predicted molar refractivity (Wildman–Crippen MR) is 75.4 cm³/mol. The van der Waals surface area contributed by atoms with E-state index in [2.05, 4.69) is 39.7 Å². The highest BCUT2D eigenvalue weighted by atomic mass is 79.9. The molecule has 0 radical (unpaired) electrons. The van der Waals surface area contributed by atoms with Gasteiger partial charge in [-0.2, -0.15) is 0 Å². The number of nitrogens with two attached hydrogens (primary N) is 1. The van der Waals surface area contributed by atoms with Gasteiger partial charge in [0.15, 0.2) is 0 Å². The van der Waals surface area contributed by atoms with Crippen LogP contribution in [0, 0.1) is 5.92 Å². The zero-order valence-electron chi connectivity index (χ0n) is 10.9. The highest BCUT2D eigenvalue weighted by molar-refractivity contribution is 9.10. The molecule has 1 aliphatic heterocycles. The van der Waals surface area contributed by atoms with Crippen molar-refractivity contribution in [1.82, 2.24) is 9.97 Å². The van der Waals surface area contributed by atoms with Gasteiger partial charge in [-0.3, -0.25) is 0 Å². The Balaban J connectivity index is 2.17. The van der Waals surface area contributed by atoms with Gasteiger partial charge in [0.2, 0.25) is 0 Å². The fourth-order valence-electron chi connectivity index (χ4n) is 2.19. The van der Waals surface area contributed by atoms with Crippen molar-refractivity contribution in [3.05, 3.63) is 16.0 Å². The van der Waals surface area contributed by atoms with E-state index in [1.54, 1.807) is 0 Å². The third kappa shape index (κ3) is 3.42. The van der Waals surface area contributed by atoms with Crippen LogP contribution >= 0.6 is 15.9 Å². The average Bonchev–Trinajstić information content (AvgIpc) is 2.77. The summed E-state index contributed by atoms with van der Waals surface area (Å²) in [5, 5.41) is 0. The Kier molecular flexibility index (Phi) is 4.56. The topological polar surface area (TPSA) is 61.0 Å². The maximum absolute atomic E-state index is 5.93. The molecule has 18 heavy (non-hydrogen) atoms. The fraction of sp³-hybridized carbons (Fsp3) is 0.692. The highest BCUT2D eigenvalue weighted by Crippen LogP contribution is 2.24. The summed E-state index contributed by atoms with van der Waals surface area (Å²) in [5.74, 6) is 1.89. The van der Waals surface area contributed by atoms with Gasteiger partial charge in [0.25, 0.3) is 0 Å². The van der Waals surface area contributed by atoms with Crippen LogP contribution in [0.3, 0.4) is 0 Å². The lowest BCUT2D eigenvalue weighted by Gasteiger charge is -2.13. The Morgan fingerprint density at radius 1 is 1.44 bits per heavy atom. The zero-order valence-corrected chi connectivity index (χ0v) is 12.5. The largest absolute Gasteiger partial charge is 0.383 e. The first kappa shape index (κ1) is 13.7. The molecule has 4 nitrogen and oxygen atoms in total. The van der Waals surface area contributed by atoms with Crippen LogP contribution in [0.5, 0.6) is 0 Å². The molecule has 1 saturated heterocycles. The molecule has 0 saturated carbocycles. The van der Waals surface area contributed by atoms with Crippen molar-refractivity contribution < 1.29 is 4.74 Å². The van der Waals surface area contributed by atoms with Crippen molar-refractivity contribution in [3.8, 4) is 0 Å². The van der Waals surface area contributed by atoms with Crippen LogP contribution in [0.25, 0.3) is 0 Å². The normalized spacial score (nSPS) is 19.7. The molecular formula is C13H20BrN3O. The molecule has 1 atom stereocenters. The molecule has 100 valence electrons. The number of hydrogen-bond acceptors (Lipinski definition) is 4. The van der Waals surface area contributed by atoms with Crippen LogP contribution in [0.15, 0.2) is 4.47 Å². The van der Waals surface area contributed by atoms with Gasteiger partial charge in [-0.1, -0.05) is 13.8 Å². The van der Waals surface area contributed by atoms with Crippen molar-refractivity contribution in [2.45, 2.75) is 45.6 Å². The Hall–Kier alpha value is -0.680. The minimum Gasteiger partial charge on any atom is -0.383 e. The second-order valence-electron chi connectivity index (χ2n) is 5.22. The molecule has 2 N–H and O–H groups in total. The molecule has 1 unspecified atom stereocenters. The van der Waals surface area contributed by atoms with Crippen molar-refractivity contribution in [1.29, 1.82) is 0 Å². The van der Waals surface area contributed by atoms with Crippen LogP contribution in [0.2, 0.25) is 0 Å². The van der Waals surface area contributed by atoms with E-state index in [0.717, 1.165) is 48.3 Å². The SMILES string of the molecule is CC(C)Cc1nc(CC2CCCO2)nc(N)c1Br. The Labute approximate surface area is 116 Å². The highest BCUT2D eigenvalue weighted by Gasteiger charge is 2.19. The summed E-state index contributed by atoms with van der Waals surface area (Å²) >= 11 is 3.47.